The Balaban J connectivity index is 1.97. The maximum absolute atomic E-state index is 11.9. The average molecular weight is 239 g/mol. The van der Waals surface area contributed by atoms with Gasteiger partial charge < -0.3 is 11.1 Å². The molecule has 1 aliphatic carbocycles. The third-order valence-electron chi connectivity index (χ3n) is 3.05. The molecule has 1 heterocycles. The van der Waals surface area contributed by atoms with E-state index >= 15 is 0 Å². The predicted octanol–water partition coefficient (Wildman–Crippen LogP) is 1.51. The first kappa shape index (κ1) is 11.5. The molecule has 1 amide bonds. The summed E-state index contributed by atoms with van der Waals surface area (Å²) >= 11 is 1.57. The molecule has 3 N–H and O–H groups in total. The van der Waals surface area contributed by atoms with Crippen molar-refractivity contribution in [2.75, 3.05) is 0 Å². The Morgan fingerprint density at radius 1 is 1.69 bits per heavy atom. The van der Waals surface area contributed by atoms with E-state index in [-0.39, 0.29) is 11.9 Å². The van der Waals surface area contributed by atoms with Gasteiger partial charge in [0.05, 0.1) is 11.6 Å². The van der Waals surface area contributed by atoms with Gasteiger partial charge in [0.25, 0.3) is 0 Å². The van der Waals surface area contributed by atoms with Crippen LogP contribution in [-0.4, -0.2) is 16.4 Å². The zero-order valence-electron chi connectivity index (χ0n) is 9.62. The van der Waals surface area contributed by atoms with Crippen LogP contribution in [-0.2, 0) is 4.79 Å². The summed E-state index contributed by atoms with van der Waals surface area (Å²) in [7, 11) is 0. The molecule has 0 bridgehead atoms. The number of aromatic nitrogens is 1. The minimum atomic E-state index is -0.624. The molecule has 88 valence electrons. The van der Waals surface area contributed by atoms with Gasteiger partial charge in [-0.3, -0.25) is 4.79 Å². The van der Waals surface area contributed by atoms with Crippen LogP contribution in [0.5, 0.6) is 0 Å². The Bertz CT molecular complexity index is 398. The summed E-state index contributed by atoms with van der Waals surface area (Å²) < 4.78 is 0. The molecule has 5 heteroatoms. The van der Waals surface area contributed by atoms with Crippen molar-refractivity contribution >= 4 is 17.2 Å². The van der Waals surface area contributed by atoms with Crippen molar-refractivity contribution in [3.63, 3.8) is 0 Å². The number of nitrogens with one attached hydrogen (secondary N) is 1. The zero-order valence-corrected chi connectivity index (χ0v) is 10.4. The summed E-state index contributed by atoms with van der Waals surface area (Å²) in [6.07, 6.45) is 2.64. The zero-order chi connectivity index (χ0) is 11.8. The highest BCUT2D eigenvalue weighted by molar-refractivity contribution is 7.09. The summed E-state index contributed by atoms with van der Waals surface area (Å²) in [6, 6.07) is -0.0489. The first-order valence-electron chi connectivity index (χ1n) is 5.53. The van der Waals surface area contributed by atoms with E-state index in [1.165, 1.54) is 0 Å². The van der Waals surface area contributed by atoms with Crippen LogP contribution in [0.4, 0.5) is 0 Å². The Kier molecular flexibility index (Phi) is 2.99. The fourth-order valence-corrected chi connectivity index (χ4v) is 2.56. The lowest BCUT2D eigenvalue weighted by molar-refractivity contribution is -0.129. The van der Waals surface area contributed by atoms with Crippen LogP contribution in [0.2, 0.25) is 0 Å². The van der Waals surface area contributed by atoms with Crippen molar-refractivity contribution in [2.24, 2.45) is 5.73 Å². The molecule has 4 nitrogen and oxygen atoms in total. The third-order valence-corrected chi connectivity index (χ3v) is 4.20. The van der Waals surface area contributed by atoms with Crippen molar-refractivity contribution in [3.8, 4) is 0 Å². The van der Waals surface area contributed by atoms with Gasteiger partial charge in [0.1, 0.15) is 5.01 Å². The molecule has 1 atom stereocenters. The smallest absolute Gasteiger partial charge is 0.240 e. The summed E-state index contributed by atoms with van der Waals surface area (Å²) in [6.45, 7) is 3.89. The minimum Gasteiger partial charge on any atom is -0.346 e. The largest absolute Gasteiger partial charge is 0.346 e. The van der Waals surface area contributed by atoms with Crippen molar-refractivity contribution in [2.45, 2.75) is 44.7 Å². The van der Waals surface area contributed by atoms with E-state index in [0.29, 0.717) is 0 Å². The van der Waals surface area contributed by atoms with Gasteiger partial charge in [-0.05, 0) is 33.1 Å². The monoisotopic (exact) mass is 239 g/mol. The van der Waals surface area contributed by atoms with E-state index in [0.717, 1.165) is 30.0 Å². The van der Waals surface area contributed by atoms with Gasteiger partial charge in [0.2, 0.25) is 5.91 Å². The third kappa shape index (κ3) is 2.10. The molecule has 0 radical (unpaired) electrons. The SMILES string of the molecule is Cc1csc(C(C)NC(=O)C2(N)CCC2)n1. The Morgan fingerprint density at radius 3 is 2.81 bits per heavy atom. The van der Waals surface area contributed by atoms with Crippen LogP contribution in [0, 0.1) is 6.92 Å². The molecule has 1 unspecified atom stereocenters. The molecule has 0 aromatic carbocycles. The number of carbonyl (C=O) groups is 1. The van der Waals surface area contributed by atoms with Gasteiger partial charge in [-0.15, -0.1) is 11.3 Å². The number of amides is 1. The first-order valence-corrected chi connectivity index (χ1v) is 6.41. The number of thiazole rings is 1. The van der Waals surface area contributed by atoms with E-state index in [2.05, 4.69) is 10.3 Å². The molecule has 1 aromatic rings. The van der Waals surface area contributed by atoms with E-state index in [1.807, 2.05) is 19.2 Å². The van der Waals surface area contributed by atoms with E-state index in [4.69, 9.17) is 5.73 Å². The lowest BCUT2D eigenvalue weighted by atomic mass is 9.77. The molecular weight excluding hydrogens is 222 g/mol. The highest BCUT2D eigenvalue weighted by Gasteiger charge is 2.40. The fraction of sp³-hybridized carbons (Fsp3) is 0.636. The molecule has 1 aliphatic rings. The molecule has 0 aliphatic heterocycles. The molecule has 2 rings (SSSR count). The second kappa shape index (κ2) is 4.14. The standard InChI is InChI=1S/C11H17N3OS/c1-7-6-16-9(13-7)8(2)14-10(15)11(12)4-3-5-11/h6,8H,3-5,12H2,1-2H3,(H,14,15). The van der Waals surface area contributed by atoms with Crippen LogP contribution in [0.3, 0.4) is 0 Å². The molecule has 1 aromatic heterocycles. The average Bonchev–Trinajstić information content (AvgIpc) is 2.61. The predicted molar refractivity (Wildman–Crippen MR) is 64.2 cm³/mol. The van der Waals surface area contributed by atoms with Crippen LogP contribution in [0.25, 0.3) is 0 Å². The van der Waals surface area contributed by atoms with Gasteiger partial charge in [-0.1, -0.05) is 0 Å². The van der Waals surface area contributed by atoms with E-state index < -0.39 is 5.54 Å². The topological polar surface area (TPSA) is 68.0 Å². The van der Waals surface area contributed by atoms with E-state index in [9.17, 15) is 4.79 Å². The maximum Gasteiger partial charge on any atom is 0.240 e. The summed E-state index contributed by atoms with van der Waals surface area (Å²) in [5.41, 5.74) is 6.32. The highest BCUT2D eigenvalue weighted by Crippen LogP contribution is 2.30. The lowest BCUT2D eigenvalue weighted by Crippen LogP contribution is -2.58. The minimum absolute atomic E-state index is 0.0425. The highest BCUT2D eigenvalue weighted by atomic mass is 32.1. The molecule has 1 saturated carbocycles. The summed E-state index contributed by atoms with van der Waals surface area (Å²) in [4.78, 5) is 16.2. The quantitative estimate of drug-likeness (QED) is 0.840. The Hall–Kier alpha value is -0.940. The molecular formula is C11H17N3OS. The van der Waals surface area contributed by atoms with Gasteiger partial charge >= 0.3 is 0 Å². The fourth-order valence-electron chi connectivity index (χ4n) is 1.76. The van der Waals surface area contributed by atoms with Crippen molar-refractivity contribution < 1.29 is 4.79 Å². The number of rotatable bonds is 3. The Morgan fingerprint density at radius 2 is 2.38 bits per heavy atom. The van der Waals surface area contributed by atoms with Gasteiger partial charge in [0.15, 0.2) is 0 Å². The lowest BCUT2D eigenvalue weighted by Gasteiger charge is -2.36. The molecule has 1 fully saturated rings. The number of hydrogen-bond donors (Lipinski definition) is 2. The number of nitrogens with zero attached hydrogens (tertiary/aromatic N) is 1. The second-order valence-corrected chi connectivity index (χ2v) is 5.42. The van der Waals surface area contributed by atoms with Gasteiger partial charge in [0, 0.05) is 11.1 Å². The molecule has 0 saturated heterocycles. The number of nitrogens with two attached hydrogens (primary N) is 1. The van der Waals surface area contributed by atoms with Crippen LogP contribution < -0.4 is 11.1 Å². The maximum atomic E-state index is 11.9. The second-order valence-electron chi connectivity index (χ2n) is 4.53. The number of carbonyl (C=O) groups excluding carboxylic acids is 1. The van der Waals surface area contributed by atoms with Crippen molar-refractivity contribution in [3.05, 3.63) is 16.1 Å². The summed E-state index contributed by atoms with van der Waals surface area (Å²) in [5.74, 6) is -0.0425. The summed E-state index contributed by atoms with van der Waals surface area (Å²) in [5, 5.41) is 5.86. The molecule has 16 heavy (non-hydrogen) atoms. The van der Waals surface area contributed by atoms with Crippen LogP contribution in [0.1, 0.15) is 42.9 Å². The normalized spacial score (nSPS) is 19.9. The van der Waals surface area contributed by atoms with E-state index in [1.54, 1.807) is 11.3 Å². The van der Waals surface area contributed by atoms with Crippen LogP contribution in [0.15, 0.2) is 5.38 Å². The Labute approximate surface area is 99.3 Å². The first-order chi connectivity index (χ1) is 7.51. The number of aryl methyl sites for hydroxylation is 1. The molecule has 0 spiro atoms. The number of hydrogen-bond acceptors (Lipinski definition) is 4. The van der Waals surface area contributed by atoms with Crippen molar-refractivity contribution in [1.82, 2.24) is 10.3 Å². The van der Waals surface area contributed by atoms with Gasteiger partial charge in [-0.2, -0.15) is 0 Å². The van der Waals surface area contributed by atoms with Gasteiger partial charge in [-0.25, -0.2) is 4.98 Å². The van der Waals surface area contributed by atoms with Crippen LogP contribution >= 0.6 is 11.3 Å². The van der Waals surface area contributed by atoms with Crippen molar-refractivity contribution in [1.29, 1.82) is 0 Å².